The summed E-state index contributed by atoms with van der Waals surface area (Å²) in [5.41, 5.74) is -2.52. The standard InChI is InChI=1S/C27H34F5N3O3/c1-25(2,3)38-24(37)34-16-26(15-33,17-34)35(14-19-6-11-21(12-7-19)27(30,31)32)22(36)13-8-18-4-9-20(10-5-18)23(28)29/h6-7,11-12,18,20,23H,4-5,8-10,13-14,16-17H2,1-3H3. The van der Waals surface area contributed by atoms with Crippen LogP contribution in [0.3, 0.4) is 0 Å². The number of halogens is 5. The van der Waals surface area contributed by atoms with Gasteiger partial charge in [-0.15, -0.1) is 0 Å². The summed E-state index contributed by atoms with van der Waals surface area (Å²) in [5, 5.41) is 10.1. The molecular formula is C27H34F5N3O3. The van der Waals surface area contributed by atoms with Gasteiger partial charge in [-0.3, -0.25) is 4.79 Å². The highest BCUT2D eigenvalue weighted by atomic mass is 19.4. The van der Waals surface area contributed by atoms with Gasteiger partial charge in [0.15, 0.2) is 5.54 Å². The Kier molecular flexibility index (Phi) is 8.94. The lowest BCUT2D eigenvalue weighted by molar-refractivity contribution is -0.143. The first kappa shape index (κ1) is 29.7. The molecule has 2 amide bonds. The molecule has 11 heteroatoms. The lowest BCUT2D eigenvalue weighted by atomic mass is 9.80. The molecule has 3 rings (SSSR count). The Morgan fingerprint density at radius 2 is 1.68 bits per heavy atom. The normalized spacial score (nSPS) is 21.4. The second-order valence-electron chi connectivity index (χ2n) is 11.3. The molecule has 1 saturated carbocycles. The van der Waals surface area contributed by atoms with Gasteiger partial charge in [0, 0.05) is 18.9 Å². The van der Waals surface area contributed by atoms with Crippen molar-refractivity contribution in [1.29, 1.82) is 5.26 Å². The predicted molar refractivity (Wildman–Crippen MR) is 129 cm³/mol. The summed E-state index contributed by atoms with van der Waals surface area (Å²) in [4.78, 5) is 28.5. The molecule has 0 atom stereocenters. The van der Waals surface area contributed by atoms with Crippen molar-refractivity contribution in [2.45, 2.75) is 89.6 Å². The zero-order valence-electron chi connectivity index (χ0n) is 21.9. The minimum Gasteiger partial charge on any atom is -0.444 e. The lowest BCUT2D eigenvalue weighted by Crippen LogP contribution is -2.71. The lowest BCUT2D eigenvalue weighted by Gasteiger charge is -2.51. The van der Waals surface area contributed by atoms with Gasteiger partial charge in [-0.05, 0) is 76.5 Å². The number of amides is 2. The van der Waals surface area contributed by atoms with E-state index in [1.807, 2.05) is 0 Å². The van der Waals surface area contributed by atoms with Gasteiger partial charge in [-0.2, -0.15) is 18.4 Å². The van der Waals surface area contributed by atoms with Crippen LogP contribution in [-0.4, -0.2) is 52.5 Å². The monoisotopic (exact) mass is 543 g/mol. The number of benzene rings is 1. The average Bonchev–Trinajstić information content (AvgIpc) is 2.80. The Morgan fingerprint density at radius 3 is 2.16 bits per heavy atom. The molecule has 0 N–H and O–H groups in total. The van der Waals surface area contributed by atoms with Gasteiger partial charge >= 0.3 is 12.3 Å². The molecule has 2 fully saturated rings. The van der Waals surface area contributed by atoms with Crippen LogP contribution >= 0.6 is 0 Å². The molecule has 1 heterocycles. The Labute approximate surface area is 219 Å². The smallest absolute Gasteiger partial charge is 0.416 e. The van der Waals surface area contributed by atoms with Crippen LogP contribution in [0.5, 0.6) is 0 Å². The molecule has 6 nitrogen and oxygen atoms in total. The van der Waals surface area contributed by atoms with Gasteiger partial charge in [-0.25, -0.2) is 13.6 Å². The van der Waals surface area contributed by atoms with E-state index in [0.717, 1.165) is 12.1 Å². The predicted octanol–water partition coefficient (Wildman–Crippen LogP) is 6.40. The first-order valence-corrected chi connectivity index (χ1v) is 12.8. The fourth-order valence-corrected chi connectivity index (χ4v) is 4.99. The maximum atomic E-state index is 13.4. The Morgan fingerprint density at radius 1 is 1.11 bits per heavy atom. The molecule has 1 aromatic rings. The Hall–Kier alpha value is -2.90. The fraction of sp³-hybridized carbons (Fsp3) is 0.667. The summed E-state index contributed by atoms with van der Waals surface area (Å²) in [7, 11) is 0. The maximum absolute atomic E-state index is 13.4. The molecule has 2 aliphatic rings. The van der Waals surface area contributed by atoms with E-state index in [2.05, 4.69) is 6.07 Å². The van der Waals surface area contributed by atoms with Crippen molar-refractivity contribution in [2.24, 2.45) is 11.8 Å². The third-order valence-electron chi connectivity index (χ3n) is 7.22. The highest BCUT2D eigenvalue weighted by Gasteiger charge is 2.53. The van der Waals surface area contributed by atoms with Crippen LogP contribution in [0.2, 0.25) is 0 Å². The van der Waals surface area contributed by atoms with Gasteiger partial charge in [0.1, 0.15) is 5.60 Å². The van der Waals surface area contributed by atoms with Crippen LogP contribution in [0.4, 0.5) is 26.7 Å². The largest absolute Gasteiger partial charge is 0.444 e. The fourth-order valence-electron chi connectivity index (χ4n) is 4.99. The van der Waals surface area contributed by atoms with E-state index in [1.54, 1.807) is 20.8 Å². The number of hydrogen-bond acceptors (Lipinski definition) is 4. The van der Waals surface area contributed by atoms with Crippen molar-refractivity contribution in [3.05, 3.63) is 35.4 Å². The molecule has 1 aliphatic heterocycles. The molecule has 210 valence electrons. The SMILES string of the molecule is CC(C)(C)OC(=O)N1CC(C#N)(N(Cc2ccc(C(F)(F)F)cc2)C(=O)CCC2CCC(C(F)F)CC2)C1. The van der Waals surface area contributed by atoms with Crippen LogP contribution in [0.25, 0.3) is 0 Å². The van der Waals surface area contributed by atoms with Gasteiger partial charge in [0.2, 0.25) is 12.3 Å². The summed E-state index contributed by atoms with van der Waals surface area (Å²) in [5.74, 6) is -0.875. The van der Waals surface area contributed by atoms with E-state index >= 15 is 0 Å². The number of rotatable bonds is 7. The van der Waals surface area contributed by atoms with Crippen LogP contribution in [0.1, 0.15) is 70.4 Å². The highest BCUT2D eigenvalue weighted by molar-refractivity contribution is 5.79. The van der Waals surface area contributed by atoms with Crippen molar-refractivity contribution in [2.75, 3.05) is 13.1 Å². The van der Waals surface area contributed by atoms with Gasteiger partial charge in [0.05, 0.1) is 24.7 Å². The van der Waals surface area contributed by atoms with E-state index in [1.165, 1.54) is 21.9 Å². The van der Waals surface area contributed by atoms with Crippen LogP contribution < -0.4 is 0 Å². The minimum absolute atomic E-state index is 0.0700. The Balaban J connectivity index is 1.73. The molecule has 38 heavy (non-hydrogen) atoms. The molecule has 0 bridgehead atoms. The van der Waals surface area contributed by atoms with Crippen LogP contribution in [0, 0.1) is 23.2 Å². The maximum Gasteiger partial charge on any atom is 0.416 e. The van der Waals surface area contributed by atoms with E-state index in [0.29, 0.717) is 37.7 Å². The summed E-state index contributed by atoms with van der Waals surface area (Å²) in [6, 6.07) is 6.53. The van der Waals surface area contributed by atoms with Crippen LogP contribution in [0.15, 0.2) is 24.3 Å². The third kappa shape index (κ3) is 7.35. The molecule has 0 unspecified atom stereocenters. The van der Waals surface area contributed by atoms with Crippen molar-refractivity contribution in [1.82, 2.24) is 9.80 Å². The van der Waals surface area contributed by atoms with Crippen molar-refractivity contribution < 1.29 is 36.3 Å². The van der Waals surface area contributed by atoms with E-state index in [9.17, 15) is 36.8 Å². The van der Waals surface area contributed by atoms with E-state index < -0.39 is 41.3 Å². The zero-order valence-corrected chi connectivity index (χ0v) is 21.9. The van der Waals surface area contributed by atoms with Gasteiger partial charge in [-0.1, -0.05) is 12.1 Å². The van der Waals surface area contributed by atoms with Crippen LogP contribution in [-0.2, 0) is 22.3 Å². The number of hydrogen-bond donors (Lipinski definition) is 0. The summed E-state index contributed by atoms with van der Waals surface area (Å²) < 4.78 is 70.3. The molecule has 1 aromatic carbocycles. The molecule has 0 spiro atoms. The summed E-state index contributed by atoms with van der Waals surface area (Å²) in [6.07, 6.45) is -4.95. The quantitative estimate of drug-likeness (QED) is 0.373. The van der Waals surface area contributed by atoms with Crippen molar-refractivity contribution >= 4 is 12.0 Å². The molecule has 1 saturated heterocycles. The highest BCUT2D eigenvalue weighted by Crippen LogP contribution is 2.36. The summed E-state index contributed by atoms with van der Waals surface area (Å²) in [6.45, 7) is 4.83. The number of nitriles is 1. The van der Waals surface area contributed by atoms with Crippen molar-refractivity contribution in [3.63, 3.8) is 0 Å². The number of ether oxygens (including phenoxy) is 1. The second kappa shape index (κ2) is 11.5. The number of likely N-dealkylation sites (tertiary alicyclic amines) is 1. The van der Waals surface area contributed by atoms with E-state index in [4.69, 9.17) is 4.74 Å². The van der Waals surface area contributed by atoms with E-state index in [-0.39, 0.29) is 37.9 Å². The number of carbonyl (C=O) groups excluding carboxylic acids is 2. The average molecular weight is 544 g/mol. The van der Waals surface area contributed by atoms with Gasteiger partial charge < -0.3 is 14.5 Å². The number of carbonyl (C=O) groups is 2. The molecular weight excluding hydrogens is 509 g/mol. The first-order valence-electron chi connectivity index (χ1n) is 12.8. The molecule has 1 aliphatic carbocycles. The van der Waals surface area contributed by atoms with Gasteiger partial charge in [0.25, 0.3) is 0 Å². The zero-order chi connectivity index (χ0) is 28.3. The minimum atomic E-state index is -4.51. The molecule has 0 aromatic heterocycles. The summed E-state index contributed by atoms with van der Waals surface area (Å²) >= 11 is 0. The van der Waals surface area contributed by atoms with Crippen molar-refractivity contribution in [3.8, 4) is 6.07 Å². The number of alkyl halides is 5. The number of nitrogens with zero attached hydrogens (tertiary/aromatic N) is 3. The third-order valence-corrected chi connectivity index (χ3v) is 7.22. The first-order chi connectivity index (χ1) is 17.6. The topological polar surface area (TPSA) is 73.6 Å². The molecule has 0 radical (unpaired) electrons. The Bertz CT molecular complexity index is 1020. The second-order valence-corrected chi connectivity index (χ2v) is 11.3.